The van der Waals surface area contributed by atoms with Crippen molar-refractivity contribution in [2.45, 2.75) is 44.2 Å². The lowest BCUT2D eigenvalue weighted by molar-refractivity contribution is -0.137. The highest BCUT2D eigenvalue weighted by atomic mass is 35.5. The molecule has 0 heterocycles. The molecule has 3 aromatic rings. The van der Waals surface area contributed by atoms with Crippen LogP contribution in [0, 0.1) is 6.92 Å². The molecule has 39 heavy (non-hydrogen) atoms. The molecular weight excluding hydrogens is 553 g/mol. The molecule has 0 aliphatic heterocycles. The van der Waals surface area contributed by atoms with Crippen LogP contribution in [0.25, 0.3) is 0 Å². The van der Waals surface area contributed by atoms with E-state index >= 15 is 0 Å². The molecule has 0 unspecified atom stereocenters. The summed E-state index contributed by atoms with van der Waals surface area (Å²) in [5, 5.41) is 1.97. The number of nitrogens with one attached hydrogen (secondary N) is 1. The maximum atomic E-state index is 13.5. The van der Waals surface area contributed by atoms with Gasteiger partial charge in [0.15, 0.2) is 0 Å². The summed E-state index contributed by atoms with van der Waals surface area (Å²) in [4.78, 5) is 12.6. The van der Waals surface area contributed by atoms with Crippen molar-refractivity contribution in [3.8, 4) is 5.75 Å². The second-order valence-electron chi connectivity index (χ2n) is 9.96. The zero-order valence-corrected chi connectivity index (χ0v) is 23.5. The second-order valence-corrected chi connectivity index (χ2v) is 12.2. The minimum absolute atomic E-state index is 0.0117. The van der Waals surface area contributed by atoms with Crippen LogP contribution in [0.3, 0.4) is 0 Å². The molecule has 0 saturated carbocycles. The first-order valence-electron chi connectivity index (χ1n) is 12.1. The van der Waals surface area contributed by atoms with Crippen molar-refractivity contribution >= 4 is 33.2 Å². The van der Waals surface area contributed by atoms with Crippen LogP contribution in [0.2, 0.25) is 5.02 Å². The van der Waals surface area contributed by atoms with Crippen molar-refractivity contribution in [1.82, 2.24) is 5.32 Å². The van der Waals surface area contributed by atoms with Gasteiger partial charge in [0.05, 0.1) is 27.7 Å². The lowest BCUT2D eigenvalue weighted by atomic mass is 9.87. The lowest BCUT2D eigenvalue weighted by Gasteiger charge is -2.25. The zero-order valence-electron chi connectivity index (χ0n) is 22.0. The number of alkyl halides is 3. The summed E-state index contributed by atoms with van der Waals surface area (Å²) >= 11 is 5.72. The summed E-state index contributed by atoms with van der Waals surface area (Å²) in [6.45, 7) is 7.43. The molecule has 0 bridgehead atoms. The summed E-state index contributed by atoms with van der Waals surface area (Å²) in [6.07, 6.45) is -4.82. The van der Waals surface area contributed by atoms with Crippen LogP contribution in [0.4, 0.5) is 18.9 Å². The quantitative estimate of drug-likeness (QED) is 0.298. The Bertz CT molecular complexity index is 1400. The first kappa shape index (κ1) is 30.3. The van der Waals surface area contributed by atoms with Crippen LogP contribution < -0.4 is 14.4 Å². The summed E-state index contributed by atoms with van der Waals surface area (Å²) in [5.41, 5.74) is 0.350. The van der Waals surface area contributed by atoms with Gasteiger partial charge in [0.25, 0.3) is 10.0 Å². The third-order valence-corrected chi connectivity index (χ3v) is 7.97. The van der Waals surface area contributed by atoms with Gasteiger partial charge in [0.2, 0.25) is 5.91 Å². The molecule has 0 saturated heterocycles. The van der Waals surface area contributed by atoms with Gasteiger partial charge in [0, 0.05) is 0 Å². The number of benzene rings is 3. The van der Waals surface area contributed by atoms with Gasteiger partial charge in [-0.3, -0.25) is 9.10 Å². The number of hydrogen-bond acceptors (Lipinski definition) is 4. The molecule has 1 N–H and O–H groups in total. The van der Waals surface area contributed by atoms with E-state index in [0.717, 1.165) is 23.3 Å². The van der Waals surface area contributed by atoms with Crippen LogP contribution in [-0.4, -0.2) is 34.0 Å². The fraction of sp³-hybridized carbons (Fsp3) is 0.321. The van der Waals surface area contributed by atoms with Gasteiger partial charge in [0.1, 0.15) is 18.9 Å². The molecule has 0 aliphatic carbocycles. The molecule has 0 atom stereocenters. The van der Waals surface area contributed by atoms with Crippen molar-refractivity contribution < 1.29 is 31.1 Å². The third-order valence-electron chi connectivity index (χ3n) is 5.85. The Morgan fingerprint density at radius 1 is 0.974 bits per heavy atom. The van der Waals surface area contributed by atoms with E-state index in [2.05, 4.69) is 26.1 Å². The molecular formula is C28H30ClF3N2O4S. The molecule has 11 heteroatoms. The Labute approximate surface area is 231 Å². The number of rotatable bonds is 9. The Morgan fingerprint density at radius 2 is 1.59 bits per heavy atom. The van der Waals surface area contributed by atoms with Gasteiger partial charge < -0.3 is 10.1 Å². The highest BCUT2D eigenvalue weighted by molar-refractivity contribution is 7.92. The summed E-state index contributed by atoms with van der Waals surface area (Å²) in [7, 11) is -4.40. The van der Waals surface area contributed by atoms with Crippen LogP contribution in [-0.2, 0) is 26.4 Å². The fourth-order valence-corrected chi connectivity index (χ4v) is 5.27. The fourth-order valence-electron chi connectivity index (χ4n) is 3.63. The third kappa shape index (κ3) is 7.89. The standard InChI is InChI=1S/C28H30ClF3N2O4S/c1-19-5-12-23(13-6-19)39(36,37)34(21-9-14-25(29)24(17-21)28(30,31)32)18-26(35)33-15-16-38-22-10-7-20(8-11-22)27(2,3)4/h5-14,17H,15-16,18H2,1-4H3,(H,33,35). The maximum Gasteiger partial charge on any atom is 0.417 e. The smallest absolute Gasteiger partial charge is 0.417 e. The van der Waals surface area contributed by atoms with Crippen LogP contribution >= 0.6 is 11.6 Å². The van der Waals surface area contributed by atoms with Crippen LogP contribution in [0.1, 0.15) is 37.5 Å². The average Bonchev–Trinajstić information content (AvgIpc) is 2.85. The highest BCUT2D eigenvalue weighted by Crippen LogP contribution is 2.38. The van der Waals surface area contributed by atoms with E-state index in [4.69, 9.17) is 16.3 Å². The topological polar surface area (TPSA) is 75.7 Å². The molecule has 3 aromatic carbocycles. The van der Waals surface area contributed by atoms with Gasteiger partial charge in [-0.2, -0.15) is 13.2 Å². The summed E-state index contributed by atoms with van der Waals surface area (Å²) in [5.74, 6) is -0.123. The monoisotopic (exact) mass is 582 g/mol. The number of amides is 1. The SMILES string of the molecule is Cc1ccc(S(=O)(=O)N(CC(=O)NCCOc2ccc(C(C)(C)C)cc2)c2ccc(Cl)c(C(F)(F)F)c2)cc1. The van der Waals surface area contributed by atoms with Crippen LogP contribution in [0.5, 0.6) is 5.75 Å². The van der Waals surface area contributed by atoms with Crippen molar-refractivity contribution in [2.24, 2.45) is 0 Å². The van der Waals surface area contributed by atoms with E-state index in [1.807, 2.05) is 24.3 Å². The van der Waals surface area contributed by atoms with E-state index in [1.165, 1.54) is 12.1 Å². The van der Waals surface area contributed by atoms with Gasteiger partial charge >= 0.3 is 6.18 Å². The molecule has 0 aromatic heterocycles. The number of carbonyl (C=O) groups is 1. The molecule has 0 aliphatic rings. The maximum absolute atomic E-state index is 13.5. The van der Waals surface area contributed by atoms with E-state index in [-0.39, 0.29) is 29.1 Å². The predicted molar refractivity (Wildman–Crippen MR) is 146 cm³/mol. The Kier molecular flexibility index (Phi) is 9.23. The first-order chi connectivity index (χ1) is 18.1. The van der Waals surface area contributed by atoms with Crippen molar-refractivity contribution in [1.29, 1.82) is 0 Å². The molecule has 0 spiro atoms. The number of anilines is 1. The summed E-state index contributed by atoms with van der Waals surface area (Å²) in [6, 6.07) is 16.0. The number of hydrogen-bond donors (Lipinski definition) is 1. The van der Waals surface area contributed by atoms with E-state index in [0.29, 0.717) is 16.1 Å². The van der Waals surface area contributed by atoms with Crippen molar-refractivity contribution in [3.05, 3.63) is 88.4 Å². The molecule has 0 fully saturated rings. The largest absolute Gasteiger partial charge is 0.492 e. The molecule has 3 rings (SSSR count). The van der Waals surface area contributed by atoms with Crippen molar-refractivity contribution in [3.63, 3.8) is 0 Å². The minimum Gasteiger partial charge on any atom is -0.492 e. The number of aryl methyl sites for hydroxylation is 1. The van der Waals surface area contributed by atoms with Gasteiger partial charge in [-0.25, -0.2) is 8.42 Å². The Balaban J connectivity index is 1.76. The lowest BCUT2D eigenvalue weighted by Crippen LogP contribution is -2.42. The number of sulfonamides is 1. The van der Waals surface area contributed by atoms with Crippen molar-refractivity contribution in [2.75, 3.05) is 24.0 Å². The minimum atomic E-state index is -4.82. The normalized spacial score (nSPS) is 12.2. The molecule has 1 amide bonds. The Hall–Kier alpha value is -3.24. The van der Waals surface area contributed by atoms with E-state index in [1.54, 1.807) is 19.1 Å². The first-order valence-corrected chi connectivity index (χ1v) is 13.9. The molecule has 210 valence electrons. The zero-order chi connectivity index (χ0) is 29.0. The Morgan fingerprint density at radius 3 is 2.15 bits per heavy atom. The second kappa shape index (κ2) is 11.9. The summed E-state index contributed by atoms with van der Waals surface area (Å²) < 4.78 is 73.7. The van der Waals surface area contributed by atoms with Gasteiger partial charge in [-0.15, -0.1) is 0 Å². The van der Waals surface area contributed by atoms with Gasteiger partial charge in [-0.1, -0.05) is 62.2 Å². The van der Waals surface area contributed by atoms with E-state index < -0.39 is 39.2 Å². The predicted octanol–water partition coefficient (Wildman–Crippen LogP) is 6.36. The van der Waals surface area contributed by atoms with E-state index in [9.17, 15) is 26.4 Å². The molecule has 0 radical (unpaired) electrons. The number of halogens is 4. The number of ether oxygens (including phenoxy) is 1. The number of nitrogens with zero attached hydrogens (tertiary/aromatic N) is 1. The van der Waals surface area contributed by atoms with Crippen LogP contribution in [0.15, 0.2) is 71.6 Å². The highest BCUT2D eigenvalue weighted by Gasteiger charge is 2.35. The molecule has 6 nitrogen and oxygen atoms in total. The number of carbonyl (C=O) groups excluding carboxylic acids is 1. The average molecular weight is 583 g/mol. The van der Waals surface area contributed by atoms with Gasteiger partial charge in [-0.05, 0) is 60.4 Å².